The first-order valence-electron chi connectivity index (χ1n) is 6.19. The Kier molecular flexibility index (Phi) is 2.84. The van der Waals surface area contributed by atoms with Gasteiger partial charge < -0.3 is 5.32 Å². The molecule has 0 atom stereocenters. The van der Waals surface area contributed by atoms with Crippen LogP contribution in [0, 0.1) is 5.92 Å². The minimum absolute atomic E-state index is 0.0972. The van der Waals surface area contributed by atoms with E-state index in [2.05, 4.69) is 22.5 Å². The molecule has 0 aliphatic heterocycles. The summed E-state index contributed by atoms with van der Waals surface area (Å²) in [6.07, 6.45) is 3.91. The van der Waals surface area contributed by atoms with E-state index in [1.54, 1.807) is 0 Å². The highest BCUT2D eigenvalue weighted by Crippen LogP contribution is 2.29. The van der Waals surface area contributed by atoms with Gasteiger partial charge in [-0.05, 0) is 18.4 Å². The fourth-order valence-corrected chi connectivity index (χ4v) is 1.86. The maximum atomic E-state index is 11.6. The van der Waals surface area contributed by atoms with Crippen LogP contribution in [0.15, 0.2) is 42.6 Å². The van der Waals surface area contributed by atoms with Crippen molar-refractivity contribution in [3.05, 3.63) is 48.2 Å². The summed E-state index contributed by atoms with van der Waals surface area (Å²) in [6.45, 7) is 0.722. The molecule has 1 heterocycles. The molecular weight excluding hydrogens is 226 g/mol. The second-order valence-electron chi connectivity index (χ2n) is 4.65. The third-order valence-electron chi connectivity index (χ3n) is 3.03. The Labute approximate surface area is 106 Å². The first-order valence-corrected chi connectivity index (χ1v) is 6.19. The van der Waals surface area contributed by atoms with Gasteiger partial charge >= 0.3 is 0 Å². The van der Waals surface area contributed by atoms with E-state index < -0.39 is 0 Å². The lowest BCUT2D eigenvalue weighted by Crippen LogP contribution is -2.14. The number of aromatic nitrogens is 2. The third kappa shape index (κ3) is 2.59. The summed E-state index contributed by atoms with van der Waals surface area (Å²) in [5, 5.41) is 7.18. The quantitative estimate of drug-likeness (QED) is 0.892. The van der Waals surface area contributed by atoms with E-state index in [9.17, 15) is 4.79 Å². The van der Waals surface area contributed by atoms with Crippen LogP contribution in [0.2, 0.25) is 0 Å². The zero-order valence-corrected chi connectivity index (χ0v) is 10.0. The minimum atomic E-state index is 0.0972. The van der Waals surface area contributed by atoms with Crippen molar-refractivity contribution in [2.45, 2.75) is 19.4 Å². The molecule has 0 spiro atoms. The molecule has 1 saturated carbocycles. The molecule has 1 N–H and O–H groups in total. The first-order chi connectivity index (χ1) is 8.81. The SMILES string of the molecule is O=C(Nc1ccn(Cc2ccccc2)n1)C1CC1. The van der Waals surface area contributed by atoms with E-state index in [1.165, 1.54) is 5.56 Å². The van der Waals surface area contributed by atoms with Crippen LogP contribution in [0.25, 0.3) is 0 Å². The van der Waals surface area contributed by atoms with Crippen LogP contribution in [-0.2, 0) is 11.3 Å². The summed E-state index contributed by atoms with van der Waals surface area (Å²) in [6, 6.07) is 12.0. The molecule has 2 aromatic rings. The van der Waals surface area contributed by atoms with Gasteiger partial charge in [0, 0.05) is 18.2 Å². The van der Waals surface area contributed by atoms with Gasteiger partial charge in [0.05, 0.1) is 6.54 Å². The first kappa shape index (κ1) is 11.0. The summed E-state index contributed by atoms with van der Waals surface area (Å²) < 4.78 is 1.83. The molecule has 1 fully saturated rings. The highest BCUT2D eigenvalue weighted by molar-refractivity contribution is 5.93. The number of nitrogens with one attached hydrogen (secondary N) is 1. The molecule has 4 nitrogen and oxygen atoms in total. The smallest absolute Gasteiger partial charge is 0.228 e. The lowest BCUT2D eigenvalue weighted by Gasteiger charge is -2.02. The summed E-state index contributed by atoms with van der Waals surface area (Å²) in [4.78, 5) is 11.6. The van der Waals surface area contributed by atoms with Crippen molar-refractivity contribution < 1.29 is 4.79 Å². The molecule has 0 bridgehead atoms. The van der Waals surface area contributed by atoms with E-state index in [0.29, 0.717) is 5.82 Å². The van der Waals surface area contributed by atoms with Gasteiger partial charge in [-0.15, -0.1) is 0 Å². The van der Waals surface area contributed by atoms with Crippen molar-refractivity contribution in [3.8, 4) is 0 Å². The lowest BCUT2D eigenvalue weighted by molar-refractivity contribution is -0.117. The molecule has 0 saturated heterocycles. The Morgan fingerprint density at radius 1 is 1.28 bits per heavy atom. The monoisotopic (exact) mass is 241 g/mol. The minimum Gasteiger partial charge on any atom is -0.309 e. The molecule has 92 valence electrons. The second kappa shape index (κ2) is 4.64. The van der Waals surface area contributed by atoms with E-state index in [1.807, 2.05) is 35.1 Å². The molecule has 1 aromatic carbocycles. The molecule has 1 aliphatic carbocycles. The van der Waals surface area contributed by atoms with Gasteiger partial charge in [0.25, 0.3) is 0 Å². The Morgan fingerprint density at radius 3 is 2.78 bits per heavy atom. The molecule has 18 heavy (non-hydrogen) atoms. The number of carbonyl (C=O) groups is 1. The molecular formula is C14H15N3O. The molecule has 0 unspecified atom stereocenters. The Morgan fingerprint density at radius 2 is 2.06 bits per heavy atom. The average Bonchev–Trinajstić information content (AvgIpc) is 3.15. The van der Waals surface area contributed by atoms with Gasteiger partial charge in [-0.2, -0.15) is 5.10 Å². The van der Waals surface area contributed by atoms with Crippen molar-refractivity contribution in [3.63, 3.8) is 0 Å². The van der Waals surface area contributed by atoms with Crippen LogP contribution in [0.1, 0.15) is 18.4 Å². The van der Waals surface area contributed by atoms with Crippen molar-refractivity contribution in [2.75, 3.05) is 5.32 Å². The van der Waals surface area contributed by atoms with Crippen LogP contribution in [0.3, 0.4) is 0 Å². The van der Waals surface area contributed by atoms with Crippen molar-refractivity contribution in [2.24, 2.45) is 5.92 Å². The fourth-order valence-electron chi connectivity index (χ4n) is 1.86. The molecule has 0 radical (unpaired) electrons. The number of benzene rings is 1. The maximum absolute atomic E-state index is 11.6. The number of hydrogen-bond acceptors (Lipinski definition) is 2. The van der Waals surface area contributed by atoms with Crippen molar-refractivity contribution in [1.29, 1.82) is 0 Å². The molecule has 1 amide bonds. The van der Waals surface area contributed by atoms with E-state index >= 15 is 0 Å². The number of amides is 1. The van der Waals surface area contributed by atoms with E-state index in [-0.39, 0.29) is 11.8 Å². The van der Waals surface area contributed by atoms with Gasteiger partial charge in [-0.25, -0.2) is 0 Å². The van der Waals surface area contributed by atoms with Crippen molar-refractivity contribution in [1.82, 2.24) is 9.78 Å². The largest absolute Gasteiger partial charge is 0.309 e. The van der Waals surface area contributed by atoms with Gasteiger partial charge in [-0.1, -0.05) is 30.3 Å². The number of carbonyl (C=O) groups excluding carboxylic acids is 1. The summed E-state index contributed by atoms with van der Waals surface area (Å²) in [5.41, 5.74) is 1.20. The van der Waals surface area contributed by atoms with Crippen LogP contribution in [-0.4, -0.2) is 15.7 Å². The van der Waals surface area contributed by atoms with Gasteiger partial charge in [0.15, 0.2) is 5.82 Å². The topological polar surface area (TPSA) is 46.9 Å². The van der Waals surface area contributed by atoms with E-state index in [0.717, 1.165) is 19.4 Å². The third-order valence-corrected chi connectivity index (χ3v) is 3.03. The van der Waals surface area contributed by atoms with Gasteiger partial charge in [0.1, 0.15) is 0 Å². The standard InChI is InChI=1S/C14H15N3O/c18-14(12-6-7-12)15-13-8-9-17(16-13)10-11-4-2-1-3-5-11/h1-5,8-9,12H,6-7,10H2,(H,15,16,18). The molecule has 1 aliphatic rings. The van der Waals surface area contributed by atoms with Gasteiger partial charge in [0.2, 0.25) is 5.91 Å². The number of nitrogens with zero attached hydrogens (tertiary/aromatic N) is 2. The second-order valence-corrected chi connectivity index (χ2v) is 4.65. The Hall–Kier alpha value is -2.10. The molecule has 3 rings (SSSR count). The highest BCUT2D eigenvalue weighted by Gasteiger charge is 2.29. The zero-order valence-electron chi connectivity index (χ0n) is 10.0. The maximum Gasteiger partial charge on any atom is 0.228 e. The van der Waals surface area contributed by atoms with Crippen LogP contribution in [0.5, 0.6) is 0 Å². The van der Waals surface area contributed by atoms with Crippen molar-refractivity contribution >= 4 is 11.7 Å². The fraction of sp³-hybridized carbons (Fsp3) is 0.286. The van der Waals surface area contributed by atoms with Crippen LogP contribution in [0.4, 0.5) is 5.82 Å². The summed E-state index contributed by atoms with van der Waals surface area (Å²) >= 11 is 0. The van der Waals surface area contributed by atoms with E-state index in [4.69, 9.17) is 0 Å². The van der Waals surface area contributed by atoms with Crippen LogP contribution < -0.4 is 5.32 Å². The van der Waals surface area contributed by atoms with Crippen LogP contribution >= 0.6 is 0 Å². The molecule has 1 aromatic heterocycles. The lowest BCUT2D eigenvalue weighted by atomic mass is 10.2. The summed E-state index contributed by atoms with van der Waals surface area (Å²) in [5.74, 6) is 0.951. The van der Waals surface area contributed by atoms with Gasteiger partial charge in [-0.3, -0.25) is 9.48 Å². The highest BCUT2D eigenvalue weighted by atomic mass is 16.2. The number of hydrogen-bond donors (Lipinski definition) is 1. The predicted molar refractivity (Wildman–Crippen MR) is 69.1 cm³/mol. The Bertz CT molecular complexity index is 543. The normalized spacial score (nSPS) is 14.4. The zero-order chi connectivity index (χ0) is 12.4. The summed E-state index contributed by atoms with van der Waals surface area (Å²) in [7, 11) is 0. The number of rotatable bonds is 4. The number of anilines is 1. The Balaban J connectivity index is 1.64. The molecule has 4 heteroatoms. The predicted octanol–water partition coefficient (Wildman–Crippen LogP) is 2.28. The average molecular weight is 241 g/mol.